The molecule has 0 bridgehead atoms. The van der Waals surface area contributed by atoms with Gasteiger partial charge in [-0.1, -0.05) is 30.3 Å². The molecule has 0 saturated carbocycles. The fourth-order valence-electron chi connectivity index (χ4n) is 3.81. The van der Waals surface area contributed by atoms with Crippen molar-refractivity contribution in [3.63, 3.8) is 0 Å². The van der Waals surface area contributed by atoms with Gasteiger partial charge in [-0.2, -0.15) is 4.31 Å². The lowest BCUT2D eigenvalue weighted by Gasteiger charge is -2.36. The predicted octanol–water partition coefficient (Wildman–Crippen LogP) is 3.04. The van der Waals surface area contributed by atoms with Crippen molar-refractivity contribution >= 4 is 27.3 Å². The minimum atomic E-state index is -4.16. The van der Waals surface area contributed by atoms with Crippen LogP contribution >= 0.6 is 11.3 Å². The van der Waals surface area contributed by atoms with Gasteiger partial charge in [-0.05, 0) is 47.2 Å². The highest BCUT2D eigenvalue weighted by molar-refractivity contribution is 7.89. The normalized spacial score (nSPS) is 19.0. The minimum absolute atomic E-state index is 0.0590. The number of sulfonamides is 1. The molecule has 2 aromatic carbocycles. The number of nitrogens with zero attached hydrogens (tertiary/aromatic N) is 1. The SMILES string of the molecule is COc1ccc(S(=O)(=O)N2Cc3scc(Cc4ccccc4)c3C(O)C2C(=O)O)cc1. The van der Waals surface area contributed by atoms with Crippen LogP contribution in [0.15, 0.2) is 64.9 Å². The van der Waals surface area contributed by atoms with Gasteiger partial charge in [0, 0.05) is 17.0 Å². The van der Waals surface area contributed by atoms with Gasteiger partial charge in [0.05, 0.1) is 12.0 Å². The summed E-state index contributed by atoms with van der Waals surface area (Å²) in [6, 6.07) is 13.7. The number of fused-ring (bicyclic) bond motifs is 1. The van der Waals surface area contributed by atoms with E-state index in [0.717, 1.165) is 15.4 Å². The van der Waals surface area contributed by atoms with Gasteiger partial charge in [0.1, 0.15) is 11.9 Å². The van der Waals surface area contributed by atoms with E-state index >= 15 is 0 Å². The molecule has 0 aliphatic carbocycles. The number of ether oxygens (including phenoxy) is 1. The molecule has 0 saturated heterocycles. The van der Waals surface area contributed by atoms with Gasteiger partial charge < -0.3 is 14.9 Å². The number of aliphatic carboxylic acids is 1. The lowest BCUT2D eigenvalue weighted by Crippen LogP contribution is -2.50. The van der Waals surface area contributed by atoms with Gasteiger partial charge in [-0.3, -0.25) is 4.79 Å². The van der Waals surface area contributed by atoms with Crippen molar-refractivity contribution in [1.29, 1.82) is 0 Å². The van der Waals surface area contributed by atoms with Gasteiger partial charge in [-0.15, -0.1) is 11.3 Å². The van der Waals surface area contributed by atoms with Crippen LogP contribution in [0.2, 0.25) is 0 Å². The summed E-state index contributed by atoms with van der Waals surface area (Å²) in [5.74, 6) is -0.911. The van der Waals surface area contributed by atoms with Gasteiger partial charge in [0.2, 0.25) is 10.0 Å². The maximum Gasteiger partial charge on any atom is 0.325 e. The molecule has 7 nitrogen and oxygen atoms in total. The molecule has 1 aliphatic heterocycles. The molecule has 9 heteroatoms. The van der Waals surface area contributed by atoms with Gasteiger partial charge in [0.15, 0.2) is 6.04 Å². The third kappa shape index (κ3) is 3.97. The molecular formula is C22H21NO6S2. The predicted molar refractivity (Wildman–Crippen MR) is 116 cm³/mol. The number of aliphatic hydroxyl groups is 1. The molecule has 1 aromatic heterocycles. The second-order valence-corrected chi connectivity index (χ2v) is 10.1. The van der Waals surface area contributed by atoms with Crippen molar-refractivity contribution in [3.8, 4) is 5.75 Å². The molecule has 31 heavy (non-hydrogen) atoms. The number of aliphatic hydroxyl groups excluding tert-OH is 1. The quantitative estimate of drug-likeness (QED) is 0.587. The molecule has 2 N–H and O–H groups in total. The Morgan fingerprint density at radius 3 is 2.45 bits per heavy atom. The Kier molecular flexibility index (Phi) is 5.85. The highest BCUT2D eigenvalue weighted by Gasteiger charge is 2.46. The van der Waals surface area contributed by atoms with Crippen molar-refractivity contribution in [1.82, 2.24) is 4.31 Å². The zero-order valence-electron chi connectivity index (χ0n) is 16.6. The zero-order valence-corrected chi connectivity index (χ0v) is 18.3. The van der Waals surface area contributed by atoms with E-state index in [-0.39, 0.29) is 11.4 Å². The Bertz CT molecular complexity index is 1190. The van der Waals surface area contributed by atoms with Crippen LogP contribution < -0.4 is 4.74 Å². The number of rotatable bonds is 6. The smallest absolute Gasteiger partial charge is 0.325 e. The lowest BCUT2D eigenvalue weighted by atomic mass is 9.92. The van der Waals surface area contributed by atoms with Crippen LogP contribution in [-0.2, 0) is 27.8 Å². The Balaban J connectivity index is 1.73. The Hall–Kier alpha value is -2.72. The molecule has 3 aromatic rings. The monoisotopic (exact) mass is 459 g/mol. The van der Waals surface area contributed by atoms with E-state index in [1.54, 1.807) is 0 Å². The maximum atomic E-state index is 13.3. The Labute approximate surface area is 184 Å². The van der Waals surface area contributed by atoms with Crippen molar-refractivity contribution in [2.75, 3.05) is 7.11 Å². The number of carboxylic acids is 1. The second kappa shape index (κ2) is 8.43. The van der Waals surface area contributed by atoms with Gasteiger partial charge in [-0.25, -0.2) is 8.42 Å². The van der Waals surface area contributed by atoms with E-state index in [1.807, 2.05) is 35.7 Å². The van der Waals surface area contributed by atoms with E-state index in [0.29, 0.717) is 22.6 Å². The van der Waals surface area contributed by atoms with Crippen molar-refractivity contribution in [2.24, 2.45) is 0 Å². The molecule has 0 radical (unpaired) electrons. The highest BCUT2D eigenvalue weighted by Crippen LogP contribution is 2.41. The first-order chi connectivity index (χ1) is 14.8. The summed E-state index contributed by atoms with van der Waals surface area (Å²) < 4.78 is 32.5. The molecule has 0 spiro atoms. The van der Waals surface area contributed by atoms with E-state index in [4.69, 9.17) is 4.74 Å². The van der Waals surface area contributed by atoms with Crippen molar-refractivity contribution in [3.05, 3.63) is 81.5 Å². The van der Waals surface area contributed by atoms with Crippen LogP contribution in [0.25, 0.3) is 0 Å². The summed E-state index contributed by atoms with van der Waals surface area (Å²) in [5, 5.41) is 22.7. The second-order valence-electron chi connectivity index (χ2n) is 7.21. The Morgan fingerprint density at radius 2 is 1.84 bits per heavy atom. The molecule has 0 fully saturated rings. The molecule has 1 aliphatic rings. The number of carbonyl (C=O) groups is 1. The molecular weight excluding hydrogens is 438 g/mol. The summed E-state index contributed by atoms with van der Waals surface area (Å²) in [6.07, 6.45) is -0.944. The summed E-state index contributed by atoms with van der Waals surface area (Å²) in [6.45, 7) is -0.114. The van der Waals surface area contributed by atoms with Crippen LogP contribution in [-0.4, -0.2) is 42.1 Å². The highest BCUT2D eigenvalue weighted by atomic mass is 32.2. The van der Waals surface area contributed by atoms with Gasteiger partial charge in [0.25, 0.3) is 0 Å². The first-order valence-electron chi connectivity index (χ1n) is 9.52. The fourth-order valence-corrected chi connectivity index (χ4v) is 6.53. The zero-order chi connectivity index (χ0) is 22.2. The molecule has 2 atom stereocenters. The van der Waals surface area contributed by atoms with E-state index < -0.39 is 28.1 Å². The molecule has 0 amide bonds. The van der Waals surface area contributed by atoms with Crippen LogP contribution in [0.3, 0.4) is 0 Å². The summed E-state index contributed by atoms with van der Waals surface area (Å²) >= 11 is 1.33. The van der Waals surface area contributed by atoms with Crippen LogP contribution in [0, 0.1) is 0 Å². The standard InChI is InChI=1S/C22H21NO6S2/c1-29-16-7-9-17(10-8-16)31(27,28)23-12-18-19(21(24)20(23)22(25)26)15(13-30-18)11-14-5-3-2-4-6-14/h2-10,13,20-21,24H,11-12H2,1H3,(H,25,26). The Morgan fingerprint density at radius 1 is 1.16 bits per heavy atom. The first kappa shape index (κ1) is 21.5. The average molecular weight is 460 g/mol. The molecule has 2 heterocycles. The number of thiophene rings is 1. The molecule has 4 rings (SSSR count). The summed E-state index contributed by atoms with van der Waals surface area (Å²) in [4.78, 5) is 12.7. The van der Waals surface area contributed by atoms with Crippen molar-refractivity contribution < 1.29 is 28.2 Å². The molecule has 162 valence electrons. The van der Waals surface area contributed by atoms with Crippen molar-refractivity contribution in [2.45, 2.75) is 30.0 Å². The van der Waals surface area contributed by atoms with E-state index in [1.165, 1.54) is 42.7 Å². The van der Waals surface area contributed by atoms with E-state index in [9.17, 15) is 23.4 Å². The number of carboxylic acid groups (broad SMARTS) is 1. The summed E-state index contributed by atoms with van der Waals surface area (Å²) in [7, 11) is -2.69. The fraction of sp³-hybridized carbons (Fsp3) is 0.227. The first-order valence-corrected chi connectivity index (χ1v) is 11.8. The molecule has 2 unspecified atom stereocenters. The van der Waals surface area contributed by atoms with Crippen LogP contribution in [0.1, 0.15) is 27.7 Å². The van der Waals surface area contributed by atoms with Gasteiger partial charge >= 0.3 is 5.97 Å². The third-order valence-corrected chi connectivity index (χ3v) is 8.23. The number of benzene rings is 2. The van der Waals surface area contributed by atoms with Crippen LogP contribution in [0.4, 0.5) is 0 Å². The lowest BCUT2D eigenvalue weighted by molar-refractivity contribution is -0.146. The number of hydrogen-bond acceptors (Lipinski definition) is 6. The number of methoxy groups -OCH3 is 1. The largest absolute Gasteiger partial charge is 0.497 e. The topological polar surface area (TPSA) is 104 Å². The minimum Gasteiger partial charge on any atom is -0.497 e. The third-order valence-electron chi connectivity index (χ3n) is 5.35. The van der Waals surface area contributed by atoms with Crippen LogP contribution in [0.5, 0.6) is 5.75 Å². The van der Waals surface area contributed by atoms with E-state index in [2.05, 4.69) is 0 Å². The summed E-state index contributed by atoms with van der Waals surface area (Å²) in [5.41, 5.74) is 2.35. The number of hydrogen-bond donors (Lipinski definition) is 2. The average Bonchev–Trinajstić information content (AvgIpc) is 3.17. The maximum absolute atomic E-state index is 13.3.